The van der Waals surface area contributed by atoms with E-state index in [1.54, 1.807) is 0 Å². The molecule has 3 heterocycles. The van der Waals surface area contributed by atoms with Crippen LogP contribution in [0.15, 0.2) is 84.9 Å². The molecule has 0 atom stereocenters. The van der Waals surface area contributed by atoms with E-state index in [2.05, 4.69) is 53.6 Å². The number of carbonyl (C=O) groups is 2. The van der Waals surface area contributed by atoms with Crippen LogP contribution in [0.2, 0.25) is 0 Å². The van der Waals surface area contributed by atoms with E-state index in [0.29, 0.717) is 24.3 Å². The Hall–Kier alpha value is -4.20. The zero-order valence-electron chi connectivity index (χ0n) is 25.5. The average molecular weight is 576 g/mol. The molecule has 6 rings (SSSR count). The number of amides is 2. The number of anilines is 1. The van der Waals surface area contributed by atoms with Gasteiger partial charge in [0.1, 0.15) is 5.69 Å². The largest absolute Gasteiger partial charge is 0.335 e. The molecule has 2 amide bonds. The van der Waals surface area contributed by atoms with E-state index >= 15 is 0 Å². The van der Waals surface area contributed by atoms with Crippen molar-refractivity contribution < 1.29 is 9.59 Å². The molecule has 1 fully saturated rings. The van der Waals surface area contributed by atoms with Crippen LogP contribution in [0.25, 0.3) is 11.1 Å². The van der Waals surface area contributed by atoms with Gasteiger partial charge in [0.25, 0.3) is 11.8 Å². The number of carbonyl (C=O) groups excluding carboxylic acids is 2. The van der Waals surface area contributed by atoms with Crippen LogP contribution in [-0.4, -0.2) is 84.4 Å². The second-order valence-corrected chi connectivity index (χ2v) is 12.0. The Balaban J connectivity index is 1.22. The lowest BCUT2D eigenvalue weighted by molar-refractivity contribution is 0.0623. The normalized spacial score (nSPS) is 15.3. The lowest BCUT2D eigenvalue weighted by atomic mass is 9.98. The molecular weight excluding hydrogens is 534 g/mol. The summed E-state index contributed by atoms with van der Waals surface area (Å²) in [5.74, 6) is 0.0339. The highest BCUT2D eigenvalue weighted by atomic mass is 16.2. The number of para-hydroxylation sites is 1. The number of aryl methyl sites for hydroxylation is 1. The van der Waals surface area contributed by atoms with Crippen molar-refractivity contribution in [2.75, 3.05) is 58.3 Å². The van der Waals surface area contributed by atoms with Crippen LogP contribution in [0, 0.1) is 6.92 Å². The molecule has 0 spiro atoms. The van der Waals surface area contributed by atoms with Gasteiger partial charge in [-0.15, -0.1) is 0 Å². The van der Waals surface area contributed by atoms with Crippen molar-refractivity contribution in [1.29, 1.82) is 0 Å². The van der Waals surface area contributed by atoms with Crippen molar-refractivity contribution in [2.24, 2.45) is 0 Å². The maximum atomic E-state index is 14.1. The molecule has 0 N–H and O–H groups in total. The number of benzene rings is 3. The minimum absolute atomic E-state index is 0.0388. The van der Waals surface area contributed by atoms with Gasteiger partial charge in [0.15, 0.2) is 0 Å². The highest BCUT2D eigenvalue weighted by molar-refractivity contribution is 6.07. The highest BCUT2D eigenvalue weighted by Gasteiger charge is 2.30. The van der Waals surface area contributed by atoms with E-state index in [1.165, 1.54) is 0 Å². The quantitative estimate of drug-likeness (QED) is 0.297. The Bertz CT molecular complexity index is 1600. The molecule has 4 aromatic rings. The summed E-state index contributed by atoms with van der Waals surface area (Å²) in [4.78, 5) is 36.4. The van der Waals surface area contributed by atoms with Crippen molar-refractivity contribution in [2.45, 2.75) is 26.4 Å². The first-order valence-corrected chi connectivity index (χ1v) is 15.3. The standard InChI is InChI=1S/C36H41N5O2/c1-27-24-29(14-16-32(27)28-10-5-4-6-11-28)35(42)41-26-31-15-17-34(40(31)25-30-12-7-8-13-33(30)41)36(43)39-22-20-38(21-23-39)19-9-18-37(2)3/h4-8,10-17,24H,9,18-23,25-26H2,1-3H3. The molecule has 2 aliphatic rings. The molecule has 43 heavy (non-hydrogen) atoms. The van der Waals surface area contributed by atoms with Crippen LogP contribution in [-0.2, 0) is 13.1 Å². The topological polar surface area (TPSA) is 52.0 Å². The maximum Gasteiger partial charge on any atom is 0.270 e. The number of hydrogen-bond acceptors (Lipinski definition) is 4. The lowest BCUT2D eigenvalue weighted by Gasteiger charge is -2.35. The van der Waals surface area contributed by atoms with Gasteiger partial charge in [-0.05, 0) is 93.1 Å². The van der Waals surface area contributed by atoms with Gasteiger partial charge in [-0.1, -0.05) is 54.6 Å². The van der Waals surface area contributed by atoms with Crippen LogP contribution in [0.1, 0.15) is 44.1 Å². The van der Waals surface area contributed by atoms with E-state index < -0.39 is 0 Å². The van der Waals surface area contributed by atoms with Crippen molar-refractivity contribution in [3.05, 3.63) is 113 Å². The van der Waals surface area contributed by atoms with Crippen molar-refractivity contribution in [3.63, 3.8) is 0 Å². The predicted octanol–water partition coefficient (Wildman–Crippen LogP) is 5.38. The molecule has 7 nitrogen and oxygen atoms in total. The van der Waals surface area contributed by atoms with E-state index in [-0.39, 0.29) is 11.8 Å². The Morgan fingerprint density at radius 1 is 0.791 bits per heavy atom. The molecule has 7 heteroatoms. The average Bonchev–Trinajstić information content (AvgIpc) is 3.33. The van der Waals surface area contributed by atoms with Gasteiger partial charge >= 0.3 is 0 Å². The number of fused-ring (bicyclic) bond motifs is 2. The summed E-state index contributed by atoms with van der Waals surface area (Å²) >= 11 is 0. The Morgan fingerprint density at radius 2 is 1.53 bits per heavy atom. The zero-order chi connectivity index (χ0) is 29.9. The number of nitrogens with zero attached hydrogens (tertiary/aromatic N) is 5. The second kappa shape index (κ2) is 12.6. The van der Waals surface area contributed by atoms with Crippen molar-refractivity contribution >= 4 is 17.5 Å². The van der Waals surface area contributed by atoms with Crippen LogP contribution in [0.4, 0.5) is 5.69 Å². The van der Waals surface area contributed by atoms with Crippen LogP contribution in [0.3, 0.4) is 0 Å². The van der Waals surface area contributed by atoms with Gasteiger partial charge in [0.05, 0.1) is 13.1 Å². The zero-order valence-corrected chi connectivity index (χ0v) is 25.5. The van der Waals surface area contributed by atoms with Crippen molar-refractivity contribution in [3.8, 4) is 11.1 Å². The Kier molecular flexibility index (Phi) is 8.45. The maximum absolute atomic E-state index is 14.1. The SMILES string of the molecule is Cc1cc(C(=O)N2Cc3ccc(C(=O)N4CCN(CCCN(C)C)CC4)n3Cc3ccccc32)ccc1-c1ccccc1. The molecular formula is C36H41N5O2. The predicted molar refractivity (Wildman–Crippen MR) is 173 cm³/mol. The number of rotatable bonds is 7. The lowest BCUT2D eigenvalue weighted by Crippen LogP contribution is -2.49. The Morgan fingerprint density at radius 3 is 2.28 bits per heavy atom. The smallest absolute Gasteiger partial charge is 0.270 e. The molecule has 3 aromatic carbocycles. The van der Waals surface area contributed by atoms with Crippen molar-refractivity contribution in [1.82, 2.24) is 19.3 Å². The summed E-state index contributed by atoms with van der Waals surface area (Å²) in [5, 5.41) is 0. The number of aromatic nitrogens is 1. The summed E-state index contributed by atoms with van der Waals surface area (Å²) < 4.78 is 2.11. The van der Waals surface area contributed by atoms with Gasteiger partial charge in [-0.3, -0.25) is 14.5 Å². The fourth-order valence-corrected chi connectivity index (χ4v) is 6.37. The molecule has 2 aliphatic heterocycles. The molecule has 0 saturated carbocycles. The van der Waals surface area contributed by atoms with Crippen LogP contribution in [0.5, 0.6) is 0 Å². The third-order valence-electron chi connectivity index (χ3n) is 8.76. The molecule has 1 saturated heterocycles. The fraction of sp³-hybridized carbons (Fsp3) is 0.333. The van der Waals surface area contributed by atoms with Gasteiger partial charge in [0.2, 0.25) is 0 Å². The summed E-state index contributed by atoms with van der Waals surface area (Å²) in [6.45, 7) is 8.44. The molecule has 0 radical (unpaired) electrons. The monoisotopic (exact) mass is 575 g/mol. The highest BCUT2D eigenvalue weighted by Crippen LogP contribution is 2.32. The van der Waals surface area contributed by atoms with Gasteiger partial charge in [-0.2, -0.15) is 0 Å². The van der Waals surface area contributed by atoms with Crippen LogP contribution < -0.4 is 4.90 Å². The van der Waals surface area contributed by atoms with Gasteiger partial charge in [-0.25, -0.2) is 0 Å². The molecule has 0 bridgehead atoms. The molecule has 0 aliphatic carbocycles. The number of piperazine rings is 1. The Labute approximate surface area is 254 Å². The molecule has 1 aromatic heterocycles. The van der Waals surface area contributed by atoms with Gasteiger partial charge < -0.3 is 19.3 Å². The molecule has 222 valence electrons. The molecule has 0 unspecified atom stereocenters. The van der Waals surface area contributed by atoms with E-state index in [1.807, 2.05) is 76.5 Å². The first-order valence-electron chi connectivity index (χ1n) is 15.3. The fourth-order valence-electron chi connectivity index (χ4n) is 6.37. The van der Waals surface area contributed by atoms with E-state index in [0.717, 1.165) is 79.3 Å². The summed E-state index contributed by atoms with van der Waals surface area (Å²) in [6, 6.07) is 28.2. The second-order valence-electron chi connectivity index (χ2n) is 12.0. The van der Waals surface area contributed by atoms with Crippen LogP contribution >= 0.6 is 0 Å². The summed E-state index contributed by atoms with van der Waals surface area (Å²) in [7, 11) is 4.21. The minimum atomic E-state index is -0.0388. The van der Waals surface area contributed by atoms with E-state index in [9.17, 15) is 9.59 Å². The van der Waals surface area contributed by atoms with E-state index in [4.69, 9.17) is 0 Å². The summed E-state index contributed by atoms with van der Waals surface area (Å²) in [5.41, 5.74) is 7.57. The first-order chi connectivity index (χ1) is 20.9. The van der Waals surface area contributed by atoms with Gasteiger partial charge in [0, 0.05) is 43.1 Å². The minimum Gasteiger partial charge on any atom is -0.335 e. The summed E-state index contributed by atoms with van der Waals surface area (Å²) in [6.07, 6.45) is 1.14. The number of hydrogen-bond donors (Lipinski definition) is 0. The first kappa shape index (κ1) is 28.9. The third kappa shape index (κ3) is 6.14. The third-order valence-corrected chi connectivity index (χ3v) is 8.76.